The molecule has 3 aliphatic rings. The molecule has 3 rings (SSSR count). The Bertz CT molecular complexity index is 433. The molecule has 1 aliphatic heterocycles. The molecule has 0 aromatic rings. The van der Waals surface area contributed by atoms with Crippen molar-refractivity contribution < 1.29 is 9.47 Å². The minimum atomic E-state index is -0.353. The highest BCUT2D eigenvalue weighted by molar-refractivity contribution is 5.15. The molecule has 22 heavy (non-hydrogen) atoms. The van der Waals surface area contributed by atoms with E-state index >= 15 is 0 Å². The molecule has 2 aliphatic carbocycles. The average molecular weight is 306 g/mol. The van der Waals surface area contributed by atoms with Crippen LogP contribution in [0.25, 0.3) is 0 Å². The van der Waals surface area contributed by atoms with Crippen molar-refractivity contribution in [1.82, 2.24) is 0 Å². The molecule has 3 atom stereocenters. The molecule has 3 fully saturated rings. The lowest BCUT2D eigenvalue weighted by Crippen LogP contribution is -2.49. The van der Waals surface area contributed by atoms with E-state index in [1.165, 1.54) is 44.1 Å². The highest BCUT2D eigenvalue weighted by Gasteiger charge is 2.53. The monoisotopic (exact) mass is 306 g/mol. The predicted octanol–water partition coefficient (Wildman–Crippen LogP) is 5.33. The first kappa shape index (κ1) is 16.5. The third kappa shape index (κ3) is 2.78. The van der Waals surface area contributed by atoms with E-state index in [2.05, 4.69) is 34.3 Å². The van der Waals surface area contributed by atoms with Crippen LogP contribution in [0.2, 0.25) is 0 Å². The van der Waals surface area contributed by atoms with Gasteiger partial charge in [0, 0.05) is 6.42 Å². The van der Waals surface area contributed by atoms with E-state index in [1.807, 2.05) is 0 Å². The molecule has 2 nitrogen and oxygen atoms in total. The van der Waals surface area contributed by atoms with E-state index in [9.17, 15) is 0 Å². The van der Waals surface area contributed by atoms with Crippen molar-refractivity contribution in [2.75, 3.05) is 13.2 Å². The minimum Gasteiger partial charge on any atom is -0.348 e. The molecule has 0 amide bonds. The van der Waals surface area contributed by atoms with E-state index in [4.69, 9.17) is 9.47 Å². The Morgan fingerprint density at radius 1 is 1.09 bits per heavy atom. The molecule has 0 aromatic heterocycles. The van der Waals surface area contributed by atoms with Crippen LogP contribution in [0, 0.1) is 22.7 Å². The van der Waals surface area contributed by atoms with Crippen LogP contribution in [-0.4, -0.2) is 19.0 Å². The highest BCUT2D eigenvalue weighted by Crippen LogP contribution is 2.61. The Morgan fingerprint density at radius 2 is 1.77 bits per heavy atom. The van der Waals surface area contributed by atoms with Crippen molar-refractivity contribution in [3.05, 3.63) is 12.2 Å². The lowest BCUT2D eigenvalue weighted by Gasteiger charge is -2.58. The van der Waals surface area contributed by atoms with Gasteiger partial charge >= 0.3 is 0 Å². The maximum atomic E-state index is 5.82. The van der Waals surface area contributed by atoms with Gasteiger partial charge in [0.15, 0.2) is 5.79 Å². The SMILES string of the molecule is C=C1CC[C@H]2C(C)(C)CCC[C@]2(C)[C@H]1CCC1(C)OCCO1. The van der Waals surface area contributed by atoms with Gasteiger partial charge in [0.25, 0.3) is 0 Å². The smallest absolute Gasteiger partial charge is 0.165 e. The van der Waals surface area contributed by atoms with Gasteiger partial charge in [-0.05, 0) is 61.7 Å². The number of hydrogen-bond donors (Lipinski definition) is 0. The van der Waals surface area contributed by atoms with Crippen LogP contribution in [0.1, 0.15) is 72.6 Å². The third-order valence-electron chi connectivity index (χ3n) is 7.10. The van der Waals surface area contributed by atoms with Gasteiger partial charge in [-0.1, -0.05) is 39.3 Å². The van der Waals surface area contributed by atoms with Crippen LogP contribution in [0.5, 0.6) is 0 Å². The van der Waals surface area contributed by atoms with Crippen LogP contribution >= 0.6 is 0 Å². The molecule has 0 N–H and O–H groups in total. The van der Waals surface area contributed by atoms with E-state index in [1.54, 1.807) is 0 Å². The Hall–Kier alpha value is -0.340. The third-order valence-corrected chi connectivity index (χ3v) is 7.10. The summed E-state index contributed by atoms with van der Waals surface area (Å²) in [7, 11) is 0. The Morgan fingerprint density at radius 3 is 2.45 bits per heavy atom. The summed E-state index contributed by atoms with van der Waals surface area (Å²) in [5.41, 5.74) is 2.39. The zero-order valence-electron chi connectivity index (χ0n) is 15.0. The molecular weight excluding hydrogens is 272 g/mol. The van der Waals surface area contributed by atoms with Crippen LogP contribution in [0.4, 0.5) is 0 Å². The van der Waals surface area contributed by atoms with E-state index in [-0.39, 0.29) is 5.79 Å². The van der Waals surface area contributed by atoms with Crippen molar-refractivity contribution >= 4 is 0 Å². The second-order valence-electron chi connectivity index (χ2n) is 9.02. The molecular formula is C20H34O2. The number of fused-ring (bicyclic) bond motifs is 1. The highest BCUT2D eigenvalue weighted by atomic mass is 16.7. The van der Waals surface area contributed by atoms with Gasteiger partial charge in [-0.25, -0.2) is 0 Å². The molecule has 0 unspecified atom stereocenters. The Balaban J connectivity index is 1.77. The van der Waals surface area contributed by atoms with Gasteiger partial charge in [0.05, 0.1) is 13.2 Å². The molecule has 1 saturated heterocycles. The van der Waals surface area contributed by atoms with Crippen molar-refractivity contribution in [2.24, 2.45) is 22.7 Å². The van der Waals surface area contributed by atoms with Gasteiger partial charge in [-0.15, -0.1) is 0 Å². The Labute approximate surface area is 136 Å². The summed E-state index contributed by atoms with van der Waals surface area (Å²) in [6.07, 6.45) is 8.83. The lowest BCUT2D eigenvalue weighted by atomic mass is 9.47. The second kappa shape index (κ2) is 5.63. The largest absolute Gasteiger partial charge is 0.348 e. The first-order valence-electron chi connectivity index (χ1n) is 9.22. The minimum absolute atomic E-state index is 0.353. The standard InChI is InChI=1S/C20H34O2/c1-15-7-8-17-18(2,3)10-6-11-19(17,4)16(15)9-12-20(5)21-13-14-22-20/h16-17H,1,6-14H2,2-5H3/t16-,17-,19+/m0/s1. The summed E-state index contributed by atoms with van der Waals surface area (Å²) in [4.78, 5) is 0. The summed E-state index contributed by atoms with van der Waals surface area (Å²) >= 11 is 0. The van der Waals surface area contributed by atoms with Gasteiger partial charge in [0.1, 0.15) is 0 Å². The zero-order chi connectivity index (χ0) is 16.0. The molecule has 0 spiro atoms. The fourth-order valence-electron chi connectivity index (χ4n) is 5.92. The quantitative estimate of drug-likeness (QED) is 0.656. The lowest BCUT2D eigenvalue weighted by molar-refractivity contribution is -0.153. The van der Waals surface area contributed by atoms with Crippen LogP contribution in [0.15, 0.2) is 12.2 Å². The topological polar surface area (TPSA) is 18.5 Å². The second-order valence-corrected chi connectivity index (χ2v) is 9.02. The van der Waals surface area contributed by atoms with E-state index in [0.717, 1.165) is 25.6 Å². The molecule has 2 saturated carbocycles. The van der Waals surface area contributed by atoms with E-state index < -0.39 is 0 Å². The normalized spacial score (nSPS) is 40.5. The molecule has 126 valence electrons. The fourth-order valence-corrected chi connectivity index (χ4v) is 5.92. The maximum Gasteiger partial charge on any atom is 0.165 e. The van der Waals surface area contributed by atoms with Gasteiger partial charge in [-0.2, -0.15) is 0 Å². The number of allylic oxidation sites excluding steroid dienone is 1. The average Bonchev–Trinajstić information content (AvgIpc) is 2.84. The van der Waals surface area contributed by atoms with Crippen LogP contribution in [0.3, 0.4) is 0 Å². The first-order chi connectivity index (χ1) is 10.3. The van der Waals surface area contributed by atoms with Crippen molar-refractivity contribution in [3.8, 4) is 0 Å². The predicted molar refractivity (Wildman–Crippen MR) is 90.6 cm³/mol. The van der Waals surface area contributed by atoms with Crippen molar-refractivity contribution in [3.63, 3.8) is 0 Å². The molecule has 0 bridgehead atoms. The summed E-state index contributed by atoms with van der Waals surface area (Å²) in [5.74, 6) is 1.12. The summed E-state index contributed by atoms with van der Waals surface area (Å²) in [6.45, 7) is 15.6. The summed E-state index contributed by atoms with van der Waals surface area (Å²) in [6, 6.07) is 0. The van der Waals surface area contributed by atoms with Gasteiger partial charge in [0.2, 0.25) is 0 Å². The summed E-state index contributed by atoms with van der Waals surface area (Å²) in [5, 5.41) is 0. The maximum absolute atomic E-state index is 5.82. The van der Waals surface area contributed by atoms with E-state index in [0.29, 0.717) is 16.7 Å². The zero-order valence-corrected chi connectivity index (χ0v) is 15.0. The number of rotatable bonds is 3. The number of ether oxygens (including phenoxy) is 2. The van der Waals surface area contributed by atoms with Gasteiger partial charge < -0.3 is 9.47 Å². The van der Waals surface area contributed by atoms with Crippen LogP contribution < -0.4 is 0 Å². The molecule has 0 aromatic carbocycles. The fraction of sp³-hybridized carbons (Fsp3) is 0.900. The van der Waals surface area contributed by atoms with Crippen molar-refractivity contribution in [2.45, 2.75) is 78.4 Å². The summed E-state index contributed by atoms with van der Waals surface area (Å²) < 4.78 is 11.6. The van der Waals surface area contributed by atoms with Crippen LogP contribution in [-0.2, 0) is 9.47 Å². The van der Waals surface area contributed by atoms with Gasteiger partial charge in [-0.3, -0.25) is 0 Å². The Kier molecular flexibility index (Phi) is 4.23. The number of hydrogen-bond acceptors (Lipinski definition) is 2. The molecule has 2 heteroatoms. The van der Waals surface area contributed by atoms with Crippen molar-refractivity contribution in [1.29, 1.82) is 0 Å². The first-order valence-corrected chi connectivity index (χ1v) is 9.22. The molecule has 0 radical (unpaired) electrons. The molecule has 1 heterocycles.